The van der Waals surface area contributed by atoms with E-state index in [4.69, 9.17) is 4.74 Å². The number of ether oxygens (including phenoxy) is 1. The van der Waals surface area contributed by atoms with Gasteiger partial charge in [0, 0.05) is 0 Å². The van der Waals surface area contributed by atoms with Crippen LogP contribution in [0.5, 0.6) is 5.75 Å². The summed E-state index contributed by atoms with van der Waals surface area (Å²) in [5, 5.41) is 0. The van der Waals surface area contributed by atoms with Gasteiger partial charge >= 0.3 is 0 Å². The van der Waals surface area contributed by atoms with Gasteiger partial charge in [0.2, 0.25) is 0 Å². The highest BCUT2D eigenvalue weighted by Crippen LogP contribution is 2.23. The molecule has 2 atom stereocenters. The molecule has 0 amide bonds. The fourth-order valence-corrected chi connectivity index (χ4v) is 2.29. The predicted molar refractivity (Wildman–Crippen MR) is 109 cm³/mol. The van der Waals surface area contributed by atoms with E-state index in [-0.39, 0.29) is 6.10 Å². The maximum Gasteiger partial charge on any atom is 0.122 e. The molecule has 1 aromatic carbocycles. The van der Waals surface area contributed by atoms with Crippen LogP contribution in [0.4, 0.5) is 0 Å². The SMILES string of the molecule is C=C(C)/C=C\C(=C)C(C)CCC(C)Oc1ccc(C)cc1C.CC. The van der Waals surface area contributed by atoms with E-state index in [1.54, 1.807) is 0 Å². The first-order valence-electron chi connectivity index (χ1n) is 9.06. The Hall–Kier alpha value is -1.76. The van der Waals surface area contributed by atoms with E-state index in [0.29, 0.717) is 5.92 Å². The van der Waals surface area contributed by atoms with Gasteiger partial charge in [0.05, 0.1) is 6.10 Å². The van der Waals surface area contributed by atoms with Crippen LogP contribution < -0.4 is 4.74 Å². The molecule has 0 bridgehead atoms. The molecule has 0 heterocycles. The van der Waals surface area contributed by atoms with Crippen LogP contribution in [0.2, 0.25) is 0 Å². The van der Waals surface area contributed by atoms with Gasteiger partial charge in [-0.1, -0.05) is 74.9 Å². The van der Waals surface area contributed by atoms with E-state index in [1.807, 2.05) is 26.8 Å². The van der Waals surface area contributed by atoms with Crippen LogP contribution >= 0.6 is 0 Å². The van der Waals surface area contributed by atoms with Crippen LogP contribution in [0.25, 0.3) is 0 Å². The lowest BCUT2D eigenvalue weighted by atomic mass is 9.95. The molecule has 0 aliphatic rings. The van der Waals surface area contributed by atoms with Crippen molar-refractivity contribution in [3.63, 3.8) is 0 Å². The van der Waals surface area contributed by atoms with Crippen molar-refractivity contribution in [3.8, 4) is 5.75 Å². The van der Waals surface area contributed by atoms with Gasteiger partial charge in [-0.2, -0.15) is 0 Å². The van der Waals surface area contributed by atoms with Gasteiger partial charge in [-0.15, -0.1) is 0 Å². The number of hydrogen-bond donors (Lipinski definition) is 0. The molecule has 0 N–H and O–H groups in total. The fourth-order valence-electron chi connectivity index (χ4n) is 2.29. The zero-order valence-electron chi connectivity index (χ0n) is 16.8. The molecule has 1 rings (SSSR count). The third-order valence-electron chi connectivity index (χ3n) is 3.88. The maximum absolute atomic E-state index is 6.07. The average Bonchev–Trinajstić information content (AvgIpc) is 2.54. The molecule has 0 fully saturated rings. The third-order valence-corrected chi connectivity index (χ3v) is 3.88. The average molecular weight is 329 g/mol. The Morgan fingerprint density at radius 2 is 1.71 bits per heavy atom. The van der Waals surface area contributed by atoms with Crippen LogP contribution in [-0.2, 0) is 0 Å². The normalized spacial score (nSPS) is 13.0. The number of rotatable bonds is 8. The minimum atomic E-state index is 0.210. The lowest BCUT2D eigenvalue weighted by molar-refractivity contribution is 0.201. The van der Waals surface area contributed by atoms with Crippen molar-refractivity contribution >= 4 is 0 Å². The Bertz CT molecular complexity index is 551. The van der Waals surface area contributed by atoms with Gasteiger partial charge in [0.15, 0.2) is 0 Å². The first-order chi connectivity index (χ1) is 11.3. The zero-order valence-corrected chi connectivity index (χ0v) is 16.8. The van der Waals surface area contributed by atoms with Gasteiger partial charge in [0.25, 0.3) is 0 Å². The summed E-state index contributed by atoms with van der Waals surface area (Å²) in [6.45, 7) is 22.6. The minimum absolute atomic E-state index is 0.210. The van der Waals surface area contributed by atoms with Crippen molar-refractivity contribution in [1.29, 1.82) is 0 Å². The summed E-state index contributed by atoms with van der Waals surface area (Å²) in [5.74, 6) is 1.45. The highest BCUT2D eigenvalue weighted by Gasteiger charge is 2.10. The summed E-state index contributed by atoms with van der Waals surface area (Å²) in [6.07, 6.45) is 6.40. The topological polar surface area (TPSA) is 9.23 Å². The molecule has 0 spiro atoms. The second-order valence-electron chi connectivity index (χ2n) is 6.43. The molecule has 134 valence electrons. The second-order valence-corrected chi connectivity index (χ2v) is 6.43. The summed E-state index contributed by atoms with van der Waals surface area (Å²) < 4.78 is 6.07. The van der Waals surface area contributed by atoms with Crippen LogP contribution in [0.1, 0.15) is 58.6 Å². The smallest absolute Gasteiger partial charge is 0.122 e. The van der Waals surface area contributed by atoms with Gasteiger partial charge in [-0.3, -0.25) is 0 Å². The monoisotopic (exact) mass is 328 g/mol. The van der Waals surface area contributed by atoms with E-state index in [9.17, 15) is 0 Å². The minimum Gasteiger partial charge on any atom is -0.490 e. The molecule has 0 radical (unpaired) electrons. The van der Waals surface area contributed by atoms with Crippen LogP contribution in [0.15, 0.2) is 54.7 Å². The summed E-state index contributed by atoms with van der Waals surface area (Å²) >= 11 is 0. The number of benzene rings is 1. The second kappa shape index (κ2) is 11.7. The summed E-state index contributed by atoms with van der Waals surface area (Å²) in [6, 6.07) is 6.33. The maximum atomic E-state index is 6.07. The van der Waals surface area contributed by atoms with Gasteiger partial charge in [0.1, 0.15) is 5.75 Å². The molecule has 1 nitrogen and oxygen atoms in total. The Balaban J connectivity index is 0.00000254. The van der Waals surface area contributed by atoms with E-state index in [2.05, 4.69) is 65.1 Å². The molecule has 1 aromatic rings. The van der Waals surface area contributed by atoms with Crippen molar-refractivity contribution in [2.75, 3.05) is 0 Å². The Morgan fingerprint density at radius 1 is 1.08 bits per heavy atom. The predicted octanol–water partition coefficient (Wildman–Crippen LogP) is 7.20. The molecule has 0 saturated carbocycles. The van der Waals surface area contributed by atoms with E-state index in [0.717, 1.165) is 29.7 Å². The van der Waals surface area contributed by atoms with E-state index in [1.165, 1.54) is 11.1 Å². The number of hydrogen-bond acceptors (Lipinski definition) is 1. The van der Waals surface area contributed by atoms with Crippen LogP contribution in [0.3, 0.4) is 0 Å². The molecule has 0 aromatic heterocycles. The Labute approximate surface area is 150 Å². The largest absolute Gasteiger partial charge is 0.490 e. The van der Waals surface area contributed by atoms with E-state index < -0.39 is 0 Å². The number of aryl methyl sites for hydroxylation is 2. The lowest BCUT2D eigenvalue weighted by Gasteiger charge is -2.19. The molecule has 1 heteroatoms. The highest BCUT2D eigenvalue weighted by atomic mass is 16.5. The Kier molecular flexibility index (Phi) is 10.9. The van der Waals surface area contributed by atoms with Crippen molar-refractivity contribution in [3.05, 3.63) is 65.8 Å². The van der Waals surface area contributed by atoms with Crippen LogP contribution in [0, 0.1) is 19.8 Å². The standard InChI is InChI=1S/C21H30O.C2H6/c1-15(2)8-10-17(4)18(5)11-12-20(7)22-21-13-9-16(3)14-19(21)6;1-2/h8-10,13-14,18,20H,1,4,11-12H2,2-3,5-7H3;1-2H3/b10-8-;. The molecule has 0 aliphatic heterocycles. The van der Waals surface area contributed by atoms with Gasteiger partial charge < -0.3 is 4.74 Å². The lowest BCUT2D eigenvalue weighted by Crippen LogP contribution is -2.14. The van der Waals surface area contributed by atoms with Crippen molar-refractivity contribution in [2.45, 2.75) is 67.4 Å². The summed E-state index contributed by atoms with van der Waals surface area (Å²) in [5.41, 5.74) is 4.68. The van der Waals surface area contributed by atoms with Gasteiger partial charge in [-0.05, 0) is 58.1 Å². The summed E-state index contributed by atoms with van der Waals surface area (Å²) in [7, 11) is 0. The highest BCUT2D eigenvalue weighted by molar-refractivity contribution is 5.35. The molecular weight excluding hydrogens is 292 g/mol. The van der Waals surface area contributed by atoms with Gasteiger partial charge in [-0.25, -0.2) is 0 Å². The first-order valence-corrected chi connectivity index (χ1v) is 9.06. The third kappa shape index (κ3) is 8.76. The number of allylic oxidation sites excluding steroid dienone is 4. The molecular formula is C23H36O. The van der Waals surface area contributed by atoms with E-state index >= 15 is 0 Å². The van der Waals surface area contributed by atoms with Crippen molar-refractivity contribution in [2.24, 2.45) is 5.92 Å². The Morgan fingerprint density at radius 3 is 2.25 bits per heavy atom. The zero-order chi connectivity index (χ0) is 18.7. The van der Waals surface area contributed by atoms with Crippen molar-refractivity contribution in [1.82, 2.24) is 0 Å². The first kappa shape index (κ1) is 22.2. The quantitative estimate of drug-likeness (QED) is 0.458. The van der Waals surface area contributed by atoms with Crippen molar-refractivity contribution < 1.29 is 4.74 Å². The van der Waals surface area contributed by atoms with Crippen LogP contribution in [-0.4, -0.2) is 6.10 Å². The fraction of sp³-hybridized carbons (Fsp3) is 0.478. The molecule has 2 unspecified atom stereocenters. The molecule has 0 aliphatic carbocycles. The molecule has 24 heavy (non-hydrogen) atoms. The summed E-state index contributed by atoms with van der Waals surface area (Å²) in [4.78, 5) is 0. The molecule has 0 saturated heterocycles.